The van der Waals surface area contributed by atoms with Gasteiger partial charge in [-0.05, 0) is 31.9 Å². The van der Waals surface area contributed by atoms with E-state index in [2.05, 4.69) is 5.32 Å². The van der Waals surface area contributed by atoms with Crippen LogP contribution in [-0.2, 0) is 10.2 Å². The Morgan fingerprint density at radius 1 is 1.28 bits per heavy atom. The van der Waals surface area contributed by atoms with Crippen molar-refractivity contribution >= 4 is 16.1 Å². The zero-order valence-electron chi connectivity index (χ0n) is 17.2. The number of nitrogens with one attached hydrogen (secondary N) is 1. The van der Waals surface area contributed by atoms with Gasteiger partial charge in [-0.1, -0.05) is 25.1 Å². The highest BCUT2D eigenvalue weighted by Crippen LogP contribution is 2.31. The van der Waals surface area contributed by atoms with Gasteiger partial charge in [-0.3, -0.25) is 4.79 Å². The third-order valence-electron chi connectivity index (χ3n) is 5.28. The highest BCUT2D eigenvalue weighted by molar-refractivity contribution is 7.86. The number of amides is 1. The molecular weight excluding hydrogens is 390 g/mol. The van der Waals surface area contributed by atoms with Crippen molar-refractivity contribution in [3.05, 3.63) is 47.8 Å². The molecule has 29 heavy (non-hydrogen) atoms. The van der Waals surface area contributed by atoms with Gasteiger partial charge >= 0.3 is 0 Å². The number of rotatable bonds is 7. The maximum atomic E-state index is 12.8. The summed E-state index contributed by atoms with van der Waals surface area (Å²) in [4.78, 5) is 12.7. The van der Waals surface area contributed by atoms with Crippen LogP contribution in [0.1, 0.15) is 48.7 Å². The quantitative estimate of drug-likeness (QED) is 0.744. The van der Waals surface area contributed by atoms with Gasteiger partial charge in [0.25, 0.3) is 16.1 Å². The zero-order chi connectivity index (χ0) is 21.0. The van der Waals surface area contributed by atoms with Gasteiger partial charge in [-0.15, -0.1) is 0 Å². The number of hydrogen-bond acceptors (Lipinski definition) is 4. The average molecular weight is 420 g/mol. The van der Waals surface area contributed by atoms with E-state index in [4.69, 9.17) is 5.10 Å². The van der Waals surface area contributed by atoms with Gasteiger partial charge in [-0.25, -0.2) is 4.68 Å². The Hall–Kier alpha value is -2.23. The highest BCUT2D eigenvalue weighted by Gasteiger charge is 2.34. The summed E-state index contributed by atoms with van der Waals surface area (Å²) in [6, 6.07) is 9.60. The summed E-state index contributed by atoms with van der Waals surface area (Å²) in [5, 5.41) is 7.55. The summed E-state index contributed by atoms with van der Waals surface area (Å²) in [5.74, 6) is -0.318. The molecular formula is C20H29N5O3S. The number of para-hydroxylation sites is 1. The lowest BCUT2D eigenvalue weighted by atomic mass is 9.93. The first-order valence-electron chi connectivity index (χ1n) is 10.0. The van der Waals surface area contributed by atoms with Crippen LogP contribution in [0.5, 0.6) is 0 Å². The van der Waals surface area contributed by atoms with E-state index in [1.807, 2.05) is 44.2 Å². The van der Waals surface area contributed by atoms with Crippen molar-refractivity contribution in [1.29, 1.82) is 0 Å². The van der Waals surface area contributed by atoms with E-state index in [-0.39, 0.29) is 11.8 Å². The van der Waals surface area contributed by atoms with Gasteiger partial charge in [0.1, 0.15) is 0 Å². The third kappa shape index (κ3) is 4.52. The van der Waals surface area contributed by atoms with Crippen LogP contribution in [0.4, 0.5) is 0 Å². The van der Waals surface area contributed by atoms with Crippen LogP contribution < -0.4 is 5.32 Å². The minimum Gasteiger partial charge on any atom is -0.352 e. The lowest BCUT2D eigenvalue weighted by Crippen LogP contribution is -2.46. The van der Waals surface area contributed by atoms with Crippen molar-refractivity contribution in [2.24, 2.45) is 0 Å². The predicted octanol–water partition coefficient (Wildman–Crippen LogP) is 2.00. The monoisotopic (exact) mass is 419 g/mol. The van der Waals surface area contributed by atoms with Crippen LogP contribution >= 0.6 is 0 Å². The van der Waals surface area contributed by atoms with Crippen LogP contribution in [0.25, 0.3) is 5.69 Å². The van der Waals surface area contributed by atoms with Gasteiger partial charge in [0.15, 0.2) is 0 Å². The number of nitrogens with zero attached hydrogens (tertiary/aromatic N) is 4. The van der Waals surface area contributed by atoms with Crippen LogP contribution in [0.2, 0.25) is 0 Å². The molecule has 1 fully saturated rings. The molecule has 1 aliphatic rings. The average Bonchev–Trinajstić information content (AvgIpc) is 3.19. The summed E-state index contributed by atoms with van der Waals surface area (Å²) in [6.45, 7) is 5.42. The lowest BCUT2D eigenvalue weighted by Gasteiger charge is -2.33. The molecule has 0 spiro atoms. The van der Waals surface area contributed by atoms with E-state index in [1.165, 1.54) is 8.61 Å². The standard InChI is InChI=1S/C20H29N5O3S/c1-4-21-20(26)18-15-25(17-11-7-6-8-12-17)22-19(18)16-10-9-13-24(14-16)29(27,28)23(3)5-2/h6-8,11-12,15-16H,4-5,9-10,13-14H2,1-3H3,(H,21,26)/t16-/m1/s1. The van der Waals surface area contributed by atoms with E-state index < -0.39 is 10.2 Å². The number of piperidine rings is 1. The van der Waals surface area contributed by atoms with E-state index in [0.717, 1.165) is 18.5 Å². The molecule has 0 aliphatic carbocycles. The second-order valence-corrected chi connectivity index (χ2v) is 9.22. The van der Waals surface area contributed by atoms with Crippen molar-refractivity contribution in [3.8, 4) is 5.69 Å². The van der Waals surface area contributed by atoms with Gasteiger partial charge in [0.05, 0.1) is 16.9 Å². The molecule has 1 aromatic heterocycles. The van der Waals surface area contributed by atoms with Crippen LogP contribution in [0.3, 0.4) is 0 Å². The normalized spacial score (nSPS) is 18.1. The highest BCUT2D eigenvalue weighted by atomic mass is 32.2. The first kappa shape index (κ1) is 21.5. The number of benzene rings is 1. The minimum absolute atomic E-state index is 0.133. The van der Waals surface area contributed by atoms with Crippen molar-refractivity contribution in [1.82, 2.24) is 23.7 Å². The smallest absolute Gasteiger partial charge is 0.281 e. The summed E-state index contributed by atoms with van der Waals surface area (Å²) in [7, 11) is -1.92. The SMILES string of the molecule is CCNC(=O)c1cn(-c2ccccc2)nc1[C@@H]1CCCN(S(=O)(=O)N(C)CC)C1. The molecule has 0 unspecified atom stereocenters. The molecule has 0 bridgehead atoms. The number of carbonyl (C=O) groups excluding carboxylic acids is 1. The molecule has 1 saturated heterocycles. The van der Waals surface area contributed by atoms with Crippen molar-refractivity contribution < 1.29 is 13.2 Å². The largest absolute Gasteiger partial charge is 0.352 e. The second-order valence-electron chi connectivity index (χ2n) is 7.19. The fraction of sp³-hybridized carbons (Fsp3) is 0.500. The molecule has 1 N–H and O–H groups in total. The maximum Gasteiger partial charge on any atom is 0.281 e. The molecule has 1 atom stereocenters. The molecule has 3 rings (SSSR count). The van der Waals surface area contributed by atoms with Crippen molar-refractivity contribution in [2.45, 2.75) is 32.6 Å². The first-order valence-corrected chi connectivity index (χ1v) is 11.4. The summed E-state index contributed by atoms with van der Waals surface area (Å²) in [6.07, 6.45) is 3.26. The molecule has 2 aromatic rings. The fourth-order valence-corrected chi connectivity index (χ4v) is 5.02. The molecule has 8 nitrogen and oxygen atoms in total. The number of aromatic nitrogens is 2. The minimum atomic E-state index is -3.51. The van der Waals surface area contributed by atoms with E-state index in [1.54, 1.807) is 17.9 Å². The second kappa shape index (κ2) is 9.06. The Kier molecular flexibility index (Phi) is 6.71. The molecule has 0 radical (unpaired) electrons. The molecule has 2 heterocycles. The predicted molar refractivity (Wildman–Crippen MR) is 112 cm³/mol. The van der Waals surface area contributed by atoms with Gasteiger partial charge in [0, 0.05) is 45.3 Å². The topological polar surface area (TPSA) is 87.5 Å². The van der Waals surface area contributed by atoms with Crippen LogP contribution in [0.15, 0.2) is 36.5 Å². The first-order chi connectivity index (χ1) is 13.9. The van der Waals surface area contributed by atoms with Gasteiger partial charge < -0.3 is 5.32 Å². The van der Waals surface area contributed by atoms with E-state index >= 15 is 0 Å². The zero-order valence-corrected chi connectivity index (χ0v) is 18.0. The number of carbonyl (C=O) groups is 1. The van der Waals surface area contributed by atoms with Crippen molar-refractivity contribution in [2.75, 3.05) is 33.2 Å². The molecule has 1 aromatic carbocycles. The summed E-state index contributed by atoms with van der Waals surface area (Å²) < 4.78 is 30.1. The Morgan fingerprint density at radius 2 is 2.00 bits per heavy atom. The fourth-order valence-electron chi connectivity index (χ4n) is 3.57. The van der Waals surface area contributed by atoms with Gasteiger partial charge in [0.2, 0.25) is 0 Å². The Morgan fingerprint density at radius 3 is 2.66 bits per heavy atom. The Bertz CT molecular complexity index is 942. The van der Waals surface area contributed by atoms with Crippen LogP contribution in [-0.4, -0.2) is 65.9 Å². The maximum absolute atomic E-state index is 12.8. The van der Waals surface area contributed by atoms with E-state index in [0.29, 0.717) is 37.4 Å². The molecule has 1 amide bonds. The Labute approximate surface area is 172 Å². The summed E-state index contributed by atoms with van der Waals surface area (Å²) >= 11 is 0. The number of hydrogen-bond donors (Lipinski definition) is 1. The summed E-state index contributed by atoms with van der Waals surface area (Å²) in [5.41, 5.74) is 2.01. The molecule has 1 aliphatic heterocycles. The van der Waals surface area contributed by atoms with Crippen molar-refractivity contribution in [3.63, 3.8) is 0 Å². The third-order valence-corrected chi connectivity index (χ3v) is 7.31. The molecule has 9 heteroatoms. The molecule has 158 valence electrons. The van der Waals surface area contributed by atoms with Crippen LogP contribution in [0, 0.1) is 0 Å². The van der Waals surface area contributed by atoms with Gasteiger partial charge in [-0.2, -0.15) is 22.1 Å². The van der Waals surface area contributed by atoms with E-state index in [9.17, 15) is 13.2 Å². The Balaban J connectivity index is 1.96. The lowest BCUT2D eigenvalue weighted by molar-refractivity contribution is 0.0954. The molecule has 0 saturated carbocycles.